The number of hydrogen-bond donors (Lipinski definition) is 2. The van der Waals surface area contributed by atoms with Gasteiger partial charge in [0.05, 0.1) is 49.1 Å². The molecule has 10 nitrogen and oxygen atoms in total. The summed E-state index contributed by atoms with van der Waals surface area (Å²) in [6.07, 6.45) is 10.9. The van der Waals surface area contributed by atoms with Crippen LogP contribution in [0.5, 0.6) is 0 Å². The van der Waals surface area contributed by atoms with Gasteiger partial charge < -0.3 is 29.9 Å². The largest absolute Gasteiger partial charge is 0.379 e. The van der Waals surface area contributed by atoms with Crippen molar-refractivity contribution in [2.75, 3.05) is 59.5 Å². The van der Waals surface area contributed by atoms with Gasteiger partial charge in [0.15, 0.2) is 5.78 Å². The molecule has 11 heteroatoms. The van der Waals surface area contributed by atoms with Crippen molar-refractivity contribution in [2.45, 2.75) is 93.9 Å². The normalized spacial score (nSPS) is 43.2. The smallest absolute Gasteiger partial charge is 0.256 e. The highest BCUT2D eigenvalue weighted by atomic mass is 19.1. The average molecular weight is 654 g/mol. The molecule has 4 heterocycles. The first kappa shape index (κ1) is 32.0. The van der Waals surface area contributed by atoms with Gasteiger partial charge in [0.1, 0.15) is 12.0 Å². The topological polar surface area (TPSA) is 103 Å². The fourth-order valence-corrected chi connectivity index (χ4v) is 10.7. The molecule has 2 N–H and O–H groups in total. The van der Waals surface area contributed by atoms with E-state index in [0.717, 1.165) is 51.7 Å². The monoisotopic (exact) mass is 653 g/mol. The van der Waals surface area contributed by atoms with Gasteiger partial charge in [-0.15, -0.1) is 0 Å². The molecule has 4 aliphatic heterocycles. The summed E-state index contributed by atoms with van der Waals surface area (Å²) in [7, 11) is 2.16. The van der Waals surface area contributed by atoms with E-state index in [2.05, 4.69) is 44.5 Å². The number of carbonyl (C=O) groups excluding carboxylic acids is 3. The molecular weight excluding hydrogens is 601 g/mol. The van der Waals surface area contributed by atoms with Crippen molar-refractivity contribution in [3.05, 3.63) is 23.9 Å². The van der Waals surface area contributed by atoms with Crippen LogP contribution in [-0.4, -0.2) is 134 Å². The lowest BCUT2D eigenvalue weighted by molar-refractivity contribution is -0.206. The van der Waals surface area contributed by atoms with Gasteiger partial charge in [-0.25, -0.2) is 4.39 Å². The molecule has 3 saturated carbocycles. The van der Waals surface area contributed by atoms with Crippen LogP contribution in [0, 0.1) is 29.6 Å². The molecule has 0 bridgehead atoms. The van der Waals surface area contributed by atoms with Crippen LogP contribution in [0.3, 0.4) is 0 Å². The van der Waals surface area contributed by atoms with Crippen molar-refractivity contribution in [2.24, 2.45) is 29.6 Å². The first-order valence-electron chi connectivity index (χ1n) is 18.4. The molecule has 0 spiro atoms. The van der Waals surface area contributed by atoms with Crippen LogP contribution >= 0.6 is 0 Å². The highest BCUT2D eigenvalue weighted by molar-refractivity contribution is 6.20. The van der Waals surface area contributed by atoms with Gasteiger partial charge >= 0.3 is 0 Å². The molecule has 0 aromatic carbocycles. The number of rotatable bonds is 8. The van der Waals surface area contributed by atoms with Gasteiger partial charge in [0, 0.05) is 56.2 Å². The van der Waals surface area contributed by atoms with E-state index in [1.54, 1.807) is 6.20 Å². The van der Waals surface area contributed by atoms with Gasteiger partial charge in [0.25, 0.3) is 5.91 Å². The second-order valence-electron chi connectivity index (χ2n) is 15.5. The molecule has 12 atom stereocenters. The number of likely N-dealkylation sites (tertiary alicyclic amines) is 1. The molecule has 0 radical (unpaired) electrons. The van der Waals surface area contributed by atoms with Gasteiger partial charge in [-0.05, 0) is 83.3 Å². The van der Waals surface area contributed by atoms with Crippen LogP contribution in [0.25, 0.3) is 0 Å². The number of Topliss-reactive ketones (excluding diaryl/α,β-unsaturated/α-hetero) is 2. The summed E-state index contributed by atoms with van der Waals surface area (Å²) in [5.74, 6) is -0.400. The molecule has 8 rings (SSSR count). The number of ketones is 2. The Hall–Kier alpha value is -2.18. The van der Waals surface area contributed by atoms with Crippen LogP contribution in [0.15, 0.2) is 23.9 Å². The number of fused-ring (bicyclic) bond motifs is 5. The van der Waals surface area contributed by atoms with E-state index < -0.39 is 24.2 Å². The third-order valence-electron chi connectivity index (χ3n) is 13.2. The second kappa shape index (κ2) is 13.3. The number of nitrogens with zero attached hydrogens (tertiary/aromatic N) is 3. The quantitative estimate of drug-likeness (QED) is 0.300. The van der Waals surface area contributed by atoms with Crippen molar-refractivity contribution in [3.63, 3.8) is 0 Å². The van der Waals surface area contributed by atoms with Gasteiger partial charge in [-0.3, -0.25) is 19.3 Å². The highest BCUT2D eigenvalue weighted by Gasteiger charge is 2.62. The average Bonchev–Trinajstić information content (AvgIpc) is 3.62. The molecular formula is C36H52FN5O5. The molecule has 258 valence electrons. The lowest BCUT2D eigenvalue weighted by Gasteiger charge is -2.60. The summed E-state index contributed by atoms with van der Waals surface area (Å²) < 4.78 is 28.6. The zero-order valence-electron chi connectivity index (χ0n) is 27.7. The van der Waals surface area contributed by atoms with Gasteiger partial charge in [0.2, 0.25) is 0 Å². The zero-order valence-corrected chi connectivity index (χ0v) is 27.7. The van der Waals surface area contributed by atoms with Crippen LogP contribution < -0.4 is 10.6 Å². The van der Waals surface area contributed by atoms with Crippen molar-refractivity contribution < 1.29 is 28.2 Å². The number of morpholine rings is 2. The molecule has 47 heavy (non-hydrogen) atoms. The molecule has 0 aromatic heterocycles. The Morgan fingerprint density at radius 1 is 1.04 bits per heavy atom. The van der Waals surface area contributed by atoms with E-state index in [9.17, 15) is 14.4 Å². The first-order chi connectivity index (χ1) is 22.9. The van der Waals surface area contributed by atoms with Crippen LogP contribution in [-0.2, 0) is 23.9 Å². The van der Waals surface area contributed by atoms with Gasteiger partial charge in [-0.1, -0.05) is 12.2 Å². The maximum Gasteiger partial charge on any atom is 0.256 e. The number of alkyl halides is 1. The molecule has 3 saturated heterocycles. The molecule has 8 aliphatic rings. The number of nitrogens with one attached hydrogen (secondary N) is 2. The fourth-order valence-electron chi connectivity index (χ4n) is 10.7. The summed E-state index contributed by atoms with van der Waals surface area (Å²) in [4.78, 5) is 48.2. The Morgan fingerprint density at radius 2 is 1.89 bits per heavy atom. The first-order valence-corrected chi connectivity index (χ1v) is 18.4. The lowest BCUT2D eigenvalue weighted by Crippen LogP contribution is -2.73. The van der Waals surface area contributed by atoms with Crippen LogP contribution in [0.1, 0.15) is 51.4 Å². The number of allylic oxidation sites excluding steroid dienone is 2. The SMILES string of the molecule is CN1CCCC1CCNC1C(F)CC2C(=O)C(C(=O)NCCN3CCOCC3)=CN3C4CC5C(CC4OC1C23)C(=O)C1C=CCCC15. The standard InChI is InChI=1S/C36H52FN5O5/c1-40-11-4-5-21(40)8-9-38-31-28(37)17-26-32-35(31)47-30-19-25-24(22-6-2-3-7-23(22)33(25)43)18-29(30)42(32)20-27(34(26)44)36(45)39-10-12-41-13-15-46-16-14-41/h3,7,20-26,28-32,35,38H,2,4-6,8-19H2,1H3,(H,39,45). The number of carbonyl (C=O) groups is 3. The predicted molar refractivity (Wildman–Crippen MR) is 173 cm³/mol. The number of amides is 1. The van der Waals surface area contributed by atoms with E-state index in [1.165, 1.54) is 6.42 Å². The van der Waals surface area contributed by atoms with Gasteiger partial charge in [-0.2, -0.15) is 0 Å². The fraction of sp³-hybridized carbons (Fsp3) is 0.806. The van der Waals surface area contributed by atoms with Crippen molar-refractivity contribution in [1.29, 1.82) is 0 Å². The number of hydrogen-bond acceptors (Lipinski definition) is 9. The summed E-state index contributed by atoms with van der Waals surface area (Å²) in [5.41, 5.74) is 0.138. The Kier molecular flexibility index (Phi) is 9.05. The summed E-state index contributed by atoms with van der Waals surface area (Å²) in [5, 5.41) is 6.55. The Labute approximate surface area is 277 Å². The number of ether oxygens (including phenoxy) is 2. The maximum absolute atomic E-state index is 16.3. The lowest BCUT2D eigenvalue weighted by atomic mass is 9.66. The Balaban J connectivity index is 1.05. The molecule has 4 aliphatic carbocycles. The third-order valence-corrected chi connectivity index (χ3v) is 13.2. The van der Waals surface area contributed by atoms with Crippen molar-refractivity contribution >= 4 is 17.5 Å². The van der Waals surface area contributed by atoms with E-state index in [4.69, 9.17) is 9.47 Å². The third kappa shape index (κ3) is 5.81. The van der Waals surface area contributed by atoms with E-state index >= 15 is 4.39 Å². The van der Waals surface area contributed by atoms with Crippen LogP contribution in [0.2, 0.25) is 0 Å². The second-order valence-corrected chi connectivity index (χ2v) is 15.5. The minimum absolute atomic E-state index is 0.0152. The molecule has 1 amide bonds. The summed E-state index contributed by atoms with van der Waals surface area (Å²) in [6, 6.07) is -0.428. The summed E-state index contributed by atoms with van der Waals surface area (Å²) >= 11 is 0. The van der Waals surface area contributed by atoms with E-state index in [1.807, 2.05) is 0 Å². The molecule has 12 unspecified atom stereocenters. The Morgan fingerprint density at radius 3 is 2.70 bits per heavy atom. The van der Waals surface area contributed by atoms with Crippen molar-refractivity contribution in [1.82, 2.24) is 25.3 Å². The summed E-state index contributed by atoms with van der Waals surface area (Å²) in [6.45, 7) is 5.94. The van der Waals surface area contributed by atoms with E-state index in [0.29, 0.717) is 57.0 Å². The Bertz CT molecular complexity index is 1290. The van der Waals surface area contributed by atoms with Crippen molar-refractivity contribution in [3.8, 4) is 0 Å². The zero-order chi connectivity index (χ0) is 32.2. The minimum Gasteiger partial charge on any atom is -0.379 e. The maximum atomic E-state index is 16.3. The van der Waals surface area contributed by atoms with E-state index in [-0.39, 0.29) is 59.6 Å². The van der Waals surface area contributed by atoms with Crippen LogP contribution in [0.4, 0.5) is 4.39 Å². The highest BCUT2D eigenvalue weighted by Crippen LogP contribution is 2.55. The molecule has 0 aromatic rings. The predicted octanol–water partition coefficient (Wildman–Crippen LogP) is 1.70. The number of halogens is 1. The minimum atomic E-state index is -1.27. The molecule has 6 fully saturated rings.